The lowest BCUT2D eigenvalue weighted by atomic mass is 10.0. The lowest BCUT2D eigenvalue weighted by molar-refractivity contribution is -0.137. The molecule has 0 N–H and O–H groups in total. The van der Waals surface area contributed by atoms with Crippen LogP contribution >= 0.6 is 0 Å². The number of rotatable bonds is 1. The van der Waals surface area contributed by atoms with Crippen molar-refractivity contribution in [3.8, 4) is 28.5 Å². The Hall–Kier alpha value is -4.49. The van der Waals surface area contributed by atoms with E-state index < -0.39 is 11.7 Å². The van der Waals surface area contributed by atoms with E-state index in [1.807, 2.05) is 30.3 Å². The summed E-state index contributed by atoms with van der Waals surface area (Å²) in [5.74, 6) is 0. The third kappa shape index (κ3) is 3.00. The first-order valence-electron chi connectivity index (χ1n) is 9.52. The van der Waals surface area contributed by atoms with Gasteiger partial charge >= 0.3 is 6.18 Å². The molecule has 4 nitrogen and oxygen atoms in total. The first kappa shape index (κ1) is 19.5. The van der Waals surface area contributed by atoms with Crippen molar-refractivity contribution in [1.29, 1.82) is 5.26 Å². The molecular weight excluding hydrogens is 413 g/mol. The van der Waals surface area contributed by atoms with Crippen molar-refractivity contribution in [3.63, 3.8) is 0 Å². The Balaban J connectivity index is 1.68. The van der Waals surface area contributed by atoms with Gasteiger partial charge in [-0.1, -0.05) is 42.5 Å². The first-order valence-corrected chi connectivity index (χ1v) is 9.52. The highest BCUT2D eigenvalue weighted by molar-refractivity contribution is 6.02. The minimum Gasteiger partial charge on any atom is -0.245 e. The predicted molar refractivity (Wildman–Crippen MR) is 114 cm³/mol. The Labute approximate surface area is 180 Å². The molecule has 5 rings (SSSR count). The number of nitrogens with zero attached hydrogens (tertiary/aromatic N) is 4. The molecule has 0 radical (unpaired) electrons. The van der Waals surface area contributed by atoms with E-state index in [0.717, 1.165) is 23.3 Å². The zero-order chi connectivity index (χ0) is 22.5. The van der Waals surface area contributed by atoms with Crippen molar-refractivity contribution in [3.05, 3.63) is 101 Å². The molecule has 1 aromatic heterocycles. The quantitative estimate of drug-likeness (QED) is 0.228. The van der Waals surface area contributed by atoms with E-state index in [9.17, 15) is 18.4 Å². The SMILES string of the molecule is [C-]#[N+]C(C#N)=C1c2ccccc2-c2nc3cc(-c4ccc(C(F)(F)F)cc4)ccc3nc21. The molecule has 32 heavy (non-hydrogen) atoms. The molecule has 1 aliphatic carbocycles. The number of allylic oxidation sites excluding steroid dienone is 1. The number of aromatic nitrogens is 2. The van der Waals surface area contributed by atoms with E-state index in [2.05, 4.69) is 9.83 Å². The number of hydrogen-bond donors (Lipinski definition) is 0. The maximum Gasteiger partial charge on any atom is 0.416 e. The molecule has 0 spiro atoms. The predicted octanol–water partition coefficient (Wildman–Crippen LogP) is 6.50. The fourth-order valence-corrected chi connectivity index (χ4v) is 3.86. The molecule has 0 unspecified atom stereocenters. The van der Waals surface area contributed by atoms with E-state index in [1.54, 1.807) is 18.2 Å². The van der Waals surface area contributed by atoms with Crippen LogP contribution in [0.1, 0.15) is 16.8 Å². The van der Waals surface area contributed by atoms with Gasteiger partial charge in [0.05, 0.1) is 40.6 Å². The van der Waals surface area contributed by atoms with Crippen molar-refractivity contribution in [2.45, 2.75) is 6.18 Å². The van der Waals surface area contributed by atoms with E-state index in [1.165, 1.54) is 12.1 Å². The Bertz CT molecular complexity index is 1500. The summed E-state index contributed by atoms with van der Waals surface area (Å²) in [4.78, 5) is 12.8. The highest BCUT2D eigenvalue weighted by Gasteiger charge is 2.31. The Morgan fingerprint density at radius 2 is 1.50 bits per heavy atom. The van der Waals surface area contributed by atoms with E-state index in [-0.39, 0.29) is 5.70 Å². The van der Waals surface area contributed by atoms with Gasteiger partial charge < -0.3 is 0 Å². The topological polar surface area (TPSA) is 53.9 Å². The van der Waals surface area contributed by atoms with Crippen molar-refractivity contribution in [2.75, 3.05) is 0 Å². The molecule has 1 heterocycles. The third-order valence-electron chi connectivity index (χ3n) is 5.35. The molecule has 0 saturated carbocycles. The molecule has 152 valence electrons. The summed E-state index contributed by atoms with van der Waals surface area (Å²) in [6, 6.07) is 19.5. The van der Waals surface area contributed by atoms with Crippen LogP contribution in [0, 0.1) is 17.9 Å². The Morgan fingerprint density at radius 3 is 2.16 bits per heavy atom. The second-order valence-electron chi connectivity index (χ2n) is 7.19. The average molecular weight is 424 g/mol. The first-order chi connectivity index (χ1) is 15.4. The van der Waals surface area contributed by atoms with Crippen LogP contribution in [-0.2, 0) is 6.18 Å². The van der Waals surface area contributed by atoms with Gasteiger partial charge in [0.2, 0.25) is 0 Å². The lowest BCUT2D eigenvalue weighted by Gasteiger charge is -2.09. The molecule has 7 heteroatoms. The summed E-state index contributed by atoms with van der Waals surface area (Å²) in [7, 11) is 0. The molecule has 3 aromatic carbocycles. The Morgan fingerprint density at radius 1 is 0.844 bits per heavy atom. The zero-order valence-electron chi connectivity index (χ0n) is 16.3. The summed E-state index contributed by atoms with van der Waals surface area (Å²) >= 11 is 0. The van der Waals surface area contributed by atoms with E-state index >= 15 is 0 Å². The van der Waals surface area contributed by atoms with Crippen LogP contribution in [0.2, 0.25) is 0 Å². The van der Waals surface area contributed by atoms with Crippen molar-refractivity contribution in [2.24, 2.45) is 0 Å². The molecular formula is C25H11F3N4. The van der Waals surface area contributed by atoms with Crippen LogP contribution in [0.3, 0.4) is 0 Å². The fraction of sp³-hybridized carbons (Fsp3) is 0.0400. The Kier molecular flexibility index (Phi) is 4.28. The van der Waals surface area contributed by atoms with Gasteiger partial charge in [-0.3, -0.25) is 0 Å². The number of fused-ring (bicyclic) bond motifs is 4. The minimum atomic E-state index is -4.39. The molecule has 1 aliphatic rings. The van der Waals surface area contributed by atoms with Gasteiger partial charge in [0.25, 0.3) is 5.70 Å². The average Bonchev–Trinajstić information content (AvgIpc) is 3.11. The number of nitriles is 1. The number of alkyl halides is 3. The maximum atomic E-state index is 12.9. The van der Waals surface area contributed by atoms with E-state index in [4.69, 9.17) is 11.6 Å². The van der Waals surface area contributed by atoms with Gasteiger partial charge in [0.1, 0.15) is 0 Å². The smallest absolute Gasteiger partial charge is 0.245 e. The minimum absolute atomic E-state index is 0.0498. The third-order valence-corrected chi connectivity index (χ3v) is 5.35. The molecule has 0 saturated heterocycles. The fourth-order valence-electron chi connectivity index (χ4n) is 3.86. The largest absolute Gasteiger partial charge is 0.416 e. The van der Waals surface area contributed by atoms with Crippen LogP contribution in [0.25, 0.3) is 43.8 Å². The lowest BCUT2D eigenvalue weighted by Crippen LogP contribution is -2.03. The van der Waals surface area contributed by atoms with Gasteiger partial charge in [-0.2, -0.15) is 13.2 Å². The van der Waals surface area contributed by atoms with Gasteiger partial charge in [0.15, 0.2) is 0 Å². The van der Waals surface area contributed by atoms with Gasteiger partial charge in [-0.05, 0) is 41.0 Å². The standard InChI is InChI=1S/C25H11F3N4/c1-30-21(13-29)22-17-4-2-3-5-18(17)23-24(22)31-19-11-8-15(12-20(19)32-23)14-6-9-16(10-7-14)25(26,27)28/h2-12H. The normalized spacial score (nSPS) is 13.8. The molecule has 4 aromatic rings. The molecule has 0 fully saturated rings. The maximum absolute atomic E-state index is 12.9. The summed E-state index contributed by atoms with van der Waals surface area (Å²) in [6.07, 6.45) is -4.39. The number of halogens is 3. The van der Waals surface area contributed by atoms with Gasteiger partial charge in [0, 0.05) is 11.1 Å². The van der Waals surface area contributed by atoms with Crippen molar-refractivity contribution >= 4 is 16.6 Å². The monoisotopic (exact) mass is 424 g/mol. The van der Waals surface area contributed by atoms with Crippen molar-refractivity contribution < 1.29 is 13.2 Å². The number of hydrogen-bond acceptors (Lipinski definition) is 3. The van der Waals surface area contributed by atoms with Crippen LogP contribution in [-0.4, -0.2) is 9.97 Å². The highest BCUT2D eigenvalue weighted by Crippen LogP contribution is 2.44. The van der Waals surface area contributed by atoms with Gasteiger partial charge in [-0.15, -0.1) is 0 Å². The zero-order valence-corrected chi connectivity index (χ0v) is 16.3. The second-order valence-corrected chi connectivity index (χ2v) is 7.19. The van der Waals surface area contributed by atoms with Crippen LogP contribution in [0.5, 0.6) is 0 Å². The number of benzene rings is 3. The molecule has 0 amide bonds. The summed E-state index contributed by atoms with van der Waals surface area (Å²) < 4.78 is 38.6. The van der Waals surface area contributed by atoms with Crippen LogP contribution in [0.15, 0.2) is 72.4 Å². The van der Waals surface area contributed by atoms with Crippen LogP contribution in [0.4, 0.5) is 13.2 Å². The highest BCUT2D eigenvalue weighted by atomic mass is 19.4. The van der Waals surface area contributed by atoms with Crippen molar-refractivity contribution in [1.82, 2.24) is 9.97 Å². The molecule has 0 bridgehead atoms. The van der Waals surface area contributed by atoms with Gasteiger partial charge in [-0.25, -0.2) is 20.1 Å². The summed E-state index contributed by atoms with van der Waals surface area (Å²) in [6.45, 7) is 7.37. The van der Waals surface area contributed by atoms with Crippen LogP contribution < -0.4 is 0 Å². The second kappa shape index (κ2) is 7.04. The van der Waals surface area contributed by atoms with E-state index in [0.29, 0.717) is 39.1 Å². The molecule has 0 aliphatic heterocycles. The molecule has 0 atom stereocenters. The summed E-state index contributed by atoms with van der Waals surface area (Å²) in [5.41, 5.74) is 4.74. The summed E-state index contributed by atoms with van der Waals surface area (Å²) in [5, 5.41) is 9.44.